The van der Waals surface area contributed by atoms with E-state index in [0.29, 0.717) is 37.6 Å². The SMILES string of the molecule is COCCCCC(CS)C(=O)[O][Sn]([CH3])([CH3])[O]C(=O)C(CS)CCCCOC. The van der Waals surface area contributed by atoms with Gasteiger partial charge in [-0.3, -0.25) is 0 Å². The maximum absolute atomic E-state index is 12.4. The second kappa shape index (κ2) is 16.2. The van der Waals surface area contributed by atoms with Gasteiger partial charge in [0, 0.05) is 0 Å². The first-order chi connectivity index (χ1) is 12.8. The zero-order valence-electron chi connectivity index (χ0n) is 17.1. The van der Waals surface area contributed by atoms with Crippen LogP contribution in [-0.2, 0) is 25.2 Å². The van der Waals surface area contributed by atoms with Crippen molar-refractivity contribution in [3.63, 3.8) is 0 Å². The van der Waals surface area contributed by atoms with Gasteiger partial charge >= 0.3 is 181 Å². The van der Waals surface area contributed by atoms with Crippen molar-refractivity contribution in [3.05, 3.63) is 0 Å². The fourth-order valence-corrected chi connectivity index (χ4v) is 7.01. The predicted molar refractivity (Wildman–Crippen MR) is 116 cm³/mol. The van der Waals surface area contributed by atoms with Crippen molar-refractivity contribution in [1.82, 2.24) is 0 Å². The Kier molecular flexibility index (Phi) is 16.4. The average molecular weight is 531 g/mol. The quantitative estimate of drug-likeness (QED) is 0.181. The molecule has 0 amide bonds. The van der Waals surface area contributed by atoms with Crippen molar-refractivity contribution in [2.45, 2.75) is 48.4 Å². The van der Waals surface area contributed by atoms with E-state index in [1.54, 1.807) is 24.1 Å². The van der Waals surface area contributed by atoms with Gasteiger partial charge in [-0.05, 0) is 0 Å². The molecule has 2 unspecified atom stereocenters. The molecule has 0 aliphatic carbocycles. The molecular weight excluding hydrogens is 495 g/mol. The molecule has 0 N–H and O–H groups in total. The van der Waals surface area contributed by atoms with Gasteiger partial charge in [0.2, 0.25) is 0 Å². The molecule has 2 atom stereocenters. The van der Waals surface area contributed by atoms with E-state index in [1.807, 2.05) is 0 Å². The summed E-state index contributed by atoms with van der Waals surface area (Å²) in [5.41, 5.74) is 0. The number of carbonyl (C=O) groups excluding carboxylic acids is 2. The molecule has 0 aromatic heterocycles. The van der Waals surface area contributed by atoms with Crippen LogP contribution in [0.3, 0.4) is 0 Å². The summed E-state index contributed by atoms with van der Waals surface area (Å²) in [5, 5.41) is 0. The summed E-state index contributed by atoms with van der Waals surface area (Å²) < 4.78 is 21.4. The summed E-state index contributed by atoms with van der Waals surface area (Å²) in [6.45, 7) is 1.35. The van der Waals surface area contributed by atoms with E-state index in [2.05, 4.69) is 25.3 Å². The Morgan fingerprint density at radius 1 is 0.778 bits per heavy atom. The molecule has 0 aliphatic rings. The Morgan fingerprint density at radius 3 is 1.44 bits per heavy atom. The number of rotatable bonds is 16. The number of carbonyl (C=O) groups is 2. The van der Waals surface area contributed by atoms with Crippen molar-refractivity contribution in [2.75, 3.05) is 38.9 Å². The molecule has 6 nitrogen and oxygen atoms in total. The Hall–Kier alpha value is 0.359. The molecule has 0 aromatic carbocycles. The molecule has 27 heavy (non-hydrogen) atoms. The van der Waals surface area contributed by atoms with Gasteiger partial charge in [-0.1, -0.05) is 0 Å². The molecule has 9 heteroatoms. The minimum atomic E-state index is -3.73. The van der Waals surface area contributed by atoms with E-state index in [0.717, 1.165) is 25.7 Å². The Morgan fingerprint density at radius 2 is 1.15 bits per heavy atom. The van der Waals surface area contributed by atoms with Crippen LogP contribution in [0.2, 0.25) is 9.88 Å². The van der Waals surface area contributed by atoms with Crippen LogP contribution in [0.25, 0.3) is 0 Å². The fourth-order valence-electron chi connectivity index (χ4n) is 2.51. The van der Waals surface area contributed by atoms with Crippen molar-refractivity contribution in [1.29, 1.82) is 0 Å². The molecule has 0 rings (SSSR count). The van der Waals surface area contributed by atoms with Crippen LogP contribution in [0.4, 0.5) is 0 Å². The standard InChI is InChI=1S/2C8H16O3S.2CH3.Sn/c2*1-11-5-3-2-4-7(6-12)8(9)10;;;/h2*7,12H,2-6H2,1H3,(H,9,10);2*1H3;/q;;;;+2/p-2. The second-order valence-electron chi connectivity index (χ2n) is 6.98. The monoisotopic (exact) mass is 532 g/mol. The molecular formula is C18H36O6S2Sn. The van der Waals surface area contributed by atoms with E-state index < -0.39 is 19.2 Å². The summed E-state index contributed by atoms with van der Waals surface area (Å²) in [6, 6.07) is 0. The van der Waals surface area contributed by atoms with Crippen LogP contribution >= 0.6 is 25.3 Å². The first-order valence-corrected chi connectivity index (χ1v) is 18.8. The van der Waals surface area contributed by atoms with Crippen molar-refractivity contribution in [2.24, 2.45) is 11.8 Å². The zero-order valence-corrected chi connectivity index (χ0v) is 21.7. The topological polar surface area (TPSA) is 71.1 Å². The first-order valence-electron chi connectivity index (χ1n) is 9.46. The molecule has 0 saturated carbocycles. The molecule has 160 valence electrons. The summed E-state index contributed by atoms with van der Waals surface area (Å²) in [7, 11) is 3.32. The molecule has 0 radical (unpaired) electrons. The molecule has 0 bridgehead atoms. The van der Waals surface area contributed by atoms with E-state index >= 15 is 0 Å². The number of ether oxygens (including phenoxy) is 2. The average Bonchev–Trinajstić information content (AvgIpc) is 2.60. The van der Waals surface area contributed by atoms with Gasteiger partial charge in [0.1, 0.15) is 0 Å². The van der Waals surface area contributed by atoms with E-state index in [-0.39, 0.29) is 23.8 Å². The predicted octanol–water partition coefficient (Wildman–Crippen LogP) is 3.50. The number of methoxy groups -OCH3 is 2. The number of hydrogen-bond donors (Lipinski definition) is 2. The van der Waals surface area contributed by atoms with Gasteiger partial charge < -0.3 is 0 Å². The first kappa shape index (κ1) is 27.4. The van der Waals surface area contributed by atoms with Gasteiger partial charge in [0.15, 0.2) is 0 Å². The van der Waals surface area contributed by atoms with Gasteiger partial charge in [0.25, 0.3) is 0 Å². The third kappa shape index (κ3) is 13.2. The zero-order chi connectivity index (χ0) is 20.7. The Balaban J connectivity index is 4.51. The van der Waals surface area contributed by atoms with Crippen molar-refractivity contribution >= 4 is 56.4 Å². The molecule has 0 heterocycles. The van der Waals surface area contributed by atoms with Gasteiger partial charge in [0.05, 0.1) is 0 Å². The Labute approximate surface area is 180 Å². The maximum atomic E-state index is 12.4. The van der Waals surface area contributed by atoms with Crippen molar-refractivity contribution < 1.29 is 25.2 Å². The van der Waals surface area contributed by atoms with Gasteiger partial charge in [-0.2, -0.15) is 0 Å². The van der Waals surface area contributed by atoms with E-state index in [4.69, 9.17) is 15.6 Å². The molecule has 0 fully saturated rings. The van der Waals surface area contributed by atoms with Crippen LogP contribution < -0.4 is 0 Å². The number of hydrogen-bond acceptors (Lipinski definition) is 8. The van der Waals surface area contributed by atoms with E-state index in [9.17, 15) is 9.59 Å². The minimum absolute atomic E-state index is 0.283. The molecule has 0 saturated heterocycles. The van der Waals surface area contributed by atoms with Gasteiger partial charge in [-0.15, -0.1) is 0 Å². The third-order valence-corrected chi connectivity index (χ3v) is 8.94. The normalized spacial score (nSPS) is 13.9. The summed E-state index contributed by atoms with van der Waals surface area (Å²) >= 11 is 4.81. The molecule has 0 aromatic rings. The van der Waals surface area contributed by atoms with Gasteiger partial charge in [-0.25, -0.2) is 0 Å². The third-order valence-electron chi connectivity index (χ3n) is 4.10. The number of thiol groups is 2. The summed E-state index contributed by atoms with van der Waals surface area (Å²) in [4.78, 5) is 28.5. The Bertz CT molecular complexity index is 387. The van der Waals surface area contributed by atoms with Crippen LogP contribution in [-0.4, -0.2) is 70.1 Å². The summed E-state index contributed by atoms with van der Waals surface area (Å²) in [5.74, 6) is -0.345. The summed E-state index contributed by atoms with van der Waals surface area (Å²) in [6.07, 6.45) is 4.91. The van der Waals surface area contributed by atoms with E-state index in [1.165, 1.54) is 0 Å². The van der Waals surface area contributed by atoms with Crippen LogP contribution in [0.1, 0.15) is 38.5 Å². The van der Waals surface area contributed by atoms with Crippen LogP contribution in [0.5, 0.6) is 0 Å². The van der Waals surface area contributed by atoms with Crippen LogP contribution in [0.15, 0.2) is 0 Å². The number of unbranched alkanes of at least 4 members (excludes halogenated alkanes) is 2. The second-order valence-corrected chi connectivity index (χ2v) is 16.9. The fraction of sp³-hybridized carbons (Fsp3) is 0.889. The van der Waals surface area contributed by atoms with Crippen LogP contribution in [0, 0.1) is 11.8 Å². The molecule has 0 spiro atoms. The molecule has 0 aliphatic heterocycles. The van der Waals surface area contributed by atoms with Crippen molar-refractivity contribution in [3.8, 4) is 0 Å².